The number of hydrogen-bond donors (Lipinski definition) is 1. The molecule has 0 aromatic carbocycles. The fraction of sp³-hybridized carbons (Fsp3) is 0.714. The monoisotopic (exact) mass is 264 g/mol. The molecule has 0 radical (unpaired) electrons. The second kappa shape index (κ2) is 6.70. The van der Waals surface area contributed by atoms with Crippen LogP contribution in [0.25, 0.3) is 0 Å². The van der Waals surface area contributed by atoms with Gasteiger partial charge in [-0.1, -0.05) is 13.8 Å². The van der Waals surface area contributed by atoms with Gasteiger partial charge >= 0.3 is 0 Å². The Bertz CT molecular complexity index is 382. The van der Waals surface area contributed by atoms with E-state index >= 15 is 0 Å². The Morgan fingerprint density at radius 3 is 3.00 bits per heavy atom. The Morgan fingerprint density at radius 2 is 2.42 bits per heavy atom. The third-order valence-corrected chi connectivity index (χ3v) is 3.40. The molecule has 5 nitrogen and oxygen atoms in total. The zero-order chi connectivity index (χ0) is 13.7. The van der Waals surface area contributed by atoms with Crippen LogP contribution >= 0.6 is 0 Å². The summed E-state index contributed by atoms with van der Waals surface area (Å²) in [6, 6.07) is 2.30. The van der Waals surface area contributed by atoms with E-state index in [-0.39, 0.29) is 5.91 Å². The fourth-order valence-electron chi connectivity index (χ4n) is 2.53. The largest absolute Gasteiger partial charge is 0.339 e. The molecule has 0 aliphatic carbocycles. The molecule has 1 aliphatic rings. The summed E-state index contributed by atoms with van der Waals surface area (Å²) in [5.74, 6) is 0.647. The maximum Gasteiger partial charge on any atom is 0.244 e. The molecule has 1 saturated heterocycles. The van der Waals surface area contributed by atoms with Gasteiger partial charge in [0.15, 0.2) is 0 Å². The molecule has 2 rings (SSSR count). The quantitative estimate of drug-likeness (QED) is 0.837. The van der Waals surface area contributed by atoms with E-state index in [4.69, 9.17) is 0 Å². The molecular weight excluding hydrogens is 240 g/mol. The van der Waals surface area contributed by atoms with Crippen molar-refractivity contribution in [2.45, 2.75) is 39.3 Å². The molecule has 1 aromatic heterocycles. The molecule has 1 unspecified atom stereocenters. The van der Waals surface area contributed by atoms with E-state index in [9.17, 15) is 4.79 Å². The Labute approximate surface area is 115 Å². The summed E-state index contributed by atoms with van der Waals surface area (Å²) >= 11 is 0. The SMILES string of the molecule is CC(C)CN(CC1CCCN1)C(=O)Cn1cccn1. The molecule has 0 spiro atoms. The number of nitrogens with one attached hydrogen (secondary N) is 1. The first-order chi connectivity index (χ1) is 9.15. The zero-order valence-corrected chi connectivity index (χ0v) is 11.9. The van der Waals surface area contributed by atoms with Crippen LogP contribution in [-0.2, 0) is 11.3 Å². The van der Waals surface area contributed by atoms with Crippen LogP contribution in [-0.4, -0.2) is 46.3 Å². The van der Waals surface area contributed by atoms with Crippen molar-refractivity contribution >= 4 is 5.91 Å². The maximum atomic E-state index is 12.4. The molecule has 0 bridgehead atoms. The van der Waals surface area contributed by atoms with E-state index in [0.29, 0.717) is 18.5 Å². The Kier molecular flexibility index (Phi) is 4.96. The van der Waals surface area contributed by atoms with Crippen LogP contribution in [0, 0.1) is 5.92 Å². The topological polar surface area (TPSA) is 50.2 Å². The smallest absolute Gasteiger partial charge is 0.244 e. The van der Waals surface area contributed by atoms with Crippen LogP contribution in [0.1, 0.15) is 26.7 Å². The number of rotatable bonds is 6. The van der Waals surface area contributed by atoms with Gasteiger partial charge in [0.25, 0.3) is 0 Å². The van der Waals surface area contributed by atoms with Gasteiger partial charge in [-0.2, -0.15) is 5.10 Å². The minimum atomic E-state index is 0.158. The van der Waals surface area contributed by atoms with E-state index in [1.807, 2.05) is 17.2 Å². The van der Waals surface area contributed by atoms with E-state index in [1.54, 1.807) is 10.9 Å². The molecule has 1 aliphatic heterocycles. The summed E-state index contributed by atoms with van der Waals surface area (Å²) in [5, 5.41) is 7.56. The highest BCUT2D eigenvalue weighted by atomic mass is 16.2. The number of nitrogens with zero attached hydrogens (tertiary/aromatic N) is 3. The molecule has 1 N–H and O–H groups in total. The van der Waals surface area contributed by atoms with Crippen molar-refractivity contribution < 1.29 is 4.79 Å². The number of carbonyl (C=O) groups excluding carboxylic acids is 1. The summed E-state index contributed by atoms with van der Waals surface area (Å²) in [6.45, 7) is 7.35. The van der Waals surface area contributed by atoms with Gasteiger partial charge in [-0.3, -0.25) is 9.48 Å². The van der Waals surface area contributed by atoms with Gasteiger partial charge in [0.05, 0.1) is 0 Å². The fourth-order valence-corrected chi connectivity index (χ4v) is 2.53. The third kappa shape index (κ3) is 4.35. The van der Waals surface area contributed by atoms with Crippen LogP contribution in [0.15, 0.2) is 18.5 Å². The second-order valence-corrected chi connectivity index (χ2v) is 5.69. The summed E-state index contributed by atoms with van der Waals surface area (Å²) < 4.78 is 1.69. The van der Waals surface area contributed by atoms with Crippen molar-refractivity contribution in [3.63, 3.8) is 0 Å². The predicted octanol–water partition coefficient (Wildman–Crippen LogP) is 1.12. The summed E-state index contributed by atoms with van der Waals surface area (Å²) in [7, 11) is 0. The normalized spacial score (nSPS) is 19.0. The van der Waals surface area contributed by atoms with Crippen LogP contribution < -0.4 is 5.32 Å². The van der Waals surface area contributed by atoms with Crippen molar-refractivity contribution in [1.82, 2.24) is 20.0 Å². The van der Waals surface area contributed by atoms with Gasteiger partial charge in [0, 0.05) is 31.5 Å². The summed E-state index contributed by atoms with van der Waals surface area (Å²) in [4.78, 5) is 14.4. The highest BCUT2D eigenvalue weighted by Gasteiger charge is 2.22. The molecule has 106 valence electrons. The lowest BCUT2D eigenvalue weighted by molar-refractivity contribution is -0.132. The number of carbonyl (C=O) groups is 1. The van der Waals surface area contributed by atoms with Gasteiger partial charge in [0.2, 0.25) is 5.91 Å². The average Bonchev–Trinajstić information content (AvgIpc) is 3.00. The van der Waals surface area contributed by atoms with E-state index in [0.717, 1.165) is 19.6 Å². The van der Waals surface area contributed by atoms with Gasteiger partial charge < -0.3 is 10.2 Å². The molecular formula is C14H24N4O. The molecule has 2 heterocycles. The van der Waals surface area contributed by atoms with Gasteiger partial charge in [-0.05, 0) is 31.4 Å². The van der Waals surface area contributed by atoms with Crippen molar-refractivity contribution in [3.05, 3.63) is 18.5 Å². The van der Waals surface area contributed by atoms with Crippen LogP contribution in [0.2, 0.25) is 0 Å². The summed E-state index contributed by atoms with van der Waals surface area (Å²) in [5.41, 5.74) is 0. The highest BCUT2D eigenvalue weighted by Crippen LogP contribution is 2.09. The molecule has 1 amide bonds. The second-order valence-electron chi connectivity index (χ2n) is 5.69. The Hall–Kier alpha value is -1.36. The lowest BCUT2D eigenvalue weighted by atomic mass is 10.1. The van der Waals surface area contributed by atoms with Gasteiger partial charge in [-0.15, -0.1) is 0 Å². The molecule has 1 aromatic rings. The van der Waals surface area contributed by atoms with E-state index in [2.05, 4.69) is 24.3 Å². The van der Waals surface area contributed by atoms with Crippen molar-refractivity contribution in [2.24, 2.45) is 5.92 Å². The van der Waals surface area contributed by atoms with Crippen molar-refractivity contribution in [3.8, 4) is 0 Å². The minimum absolute atomic E-state index is 0.158. The minimum Gasteiger partial charge on any atom is -0.339 e. The first kappa shape index (κ1) is 14.1. The highest BCUT2D eigenvalue weighted by molar-refractivity contribution is 5.76. The lowest BCUT2D eigenvalue weighted by Gasteiger charge is -2.27. The van der Waals surface area contributed by atoms with Gasteiger partial charge in [0.1, 0.15) is 6.54 Å². The lowest BCUT2D eigenvalue weighted by Crippen LogP contribution is -2.44. The first-order valence-corrected chi connectivity index (χ1v) is 7.13. The predicted molar refractivity (Wildman–Crippen MR) is 74.7 cm³/mol. The van der Waals surface area contributed by atoms with E-state index < -0.39 is 0 Å². The van der Waals surface area contributed by atoms with Crippen molar-refractivity contribution in [2.75, 3.05) is 19.6 Å². The molecule has 0 saturated carbocycles. The van der Waals surface area contributed by atoms with Gasteiger partial charge in [-0.25, -0.2) is 0 Å². The van der Waals surface area contributed by atoms with Crippen LogP contribution in [0.4, 0.5) is 0 Å². The maximum absolute atomic E-state index is 12.4. The zero-order valence-electron chi connectivity index (χ0n) is 11.9. The summed E-state index contributed by atoms with van der Waals surface area (Å²) in [6.07, 6.45) is 5.93. The molecule has 19 heavy (non-hydrogen) atoms. The number of amides is 1. The molecule has 1 atom stereocenters. The van der Waals surface area contributed by atoms with E-state index in [1.165, 1.54) is 12.8 Å². The Morgan fingerprint density at radius 1 is 1.58 bits per heavy atom. The Balaban J connectivity index is 1.92. The van der Waals surface area contributed by atoms with Crippen LogP contribution in [0.5, 0.6) is 0 Å². The standard InChI is InChI=1S/C14H24N4O/c1-12(2)9-17(10-13-5-3-6-15-13)14(19)11-18-8-4-7-16-18/h4,7-8,12-13,15H,3,5-6,9-11H2,1-2H3. The molecule has 1 fully saturated rings. The average molecular weight is 264 g/mol. The van der Waals surface area contributed by atoms with Crippen LogP contribution in [0.3, 0.4) is 0 Å². The molecule has 5 heteroatoms. The third-order valence-electron chi connectivity index (χ3n) is 3.40. The number of hydrogen-bond acceptors (Lipinski definition) is 3. The van der Waals surface area contributed by atoms with Crippen molar-refractivity contribution in [1.29, 1.82) is 0 Å². The first-order valence-electron chi connectivity index (χ1n) is 7.13. The number of aromatic nitrogens is 2.